The van der Waals surface area contributed by atoms with Crippen molar-refractivity contribution < 1.29 is 13.5 Å². The fourth-order valence-electron chi connectivity index (χ4n) is 3.23. The summed E-state index contributed by atoms with van der Waals surface area (Å²) in [5.74, 6) is 0. The van der Waals surface area contributed by atoms with Crippen LogP contribution in [0.5, 0.6) is 0 Å². The van der Waals surface area contributed by atoms with Crippen molar-refractivity contribution >= 4 is 10.0 Å². The molecule has 2 atom stereocenters. The van der Waals surface area contributed by atoms with Crippen molar-refractivity contribution in [3.63, 3.8) is 0 Å². The van der Waals surface area contributed by atoms with Crippen molar-refractivity contribution in [1.82, 2.24) is 9.21 Å². The summed E-state index contributed by atoms with van der Waals surface area (Å²) in [6.45, 7) is 6.14. The molecule has 1 aromatic rings. The number of piperidine rings is 1. The molecule has 1 N–H and O–H groups in total. The third-order valence-corrected chi connectivity index (χ3v) is 6.09. The zero-order valence-corrected chi connectivity index (χ0v) is 15.3. The normalized spacial score (nSPS) is 21.6. The molecule has 0 radical (unpaired) electrons. The van der Waals surface area contributed by atoms with Gasteiger partial charge in [-0.1, -0.05) is 23.8 Å². The molecule has 1 aliphatic heterocycles. The van der Waals surface area contributed by atoms with E-state index in [-0.39, 0.29) is 6.04 Å². The molecule has 0 saturated carbocycles. The summed E-state index contributed by atoms with van der Waals surface area (Å²) in [7, 11) is -1.53. The Morgan fingerprint density at radius 2 is 2.09 bits per heavy atom. The van der Waals surface area contributed by atoms with Gasteiger partial charge in [-0.3, -0.25) is 4.90 Å². The van der Waals surface area contributed by atoms with Crippen LogP contribution < -0.4 is 0 Å². The fourth-order valence-corrected chi connectivity index (χ4v) is 3.94. The molecule has 0 amide bonds. The van der Waals surface area contributed by atoms with Crippen LogP contribution in [-0.4, -0.2) is 61.7 Å². The summed E-state index contributed by atoms with van der Waals surface area (Å²) in [6.07, 6.45) is 2.53. The highest BCUT2D eigenvalue weighted by molar-refractivity contribution is 7.88. The summed E-state index contributed by atoms with van der Waals surface area (Å²) < 4.78 is 24.9. The van der Waals surface area contributed by atoms with E-state index in [1.165, 1.54) is 10.6 Å². The van der Waals surface area contributed by atoms with Gasteiger partial charge in [-0.15, -0.1) is 0 Å². The van der Waals surface area contributed by atoms with Crippen molar-refractivity contribution in [2.75, 3.05) is 32.9 Å². The molecule has 0 spiro atoms. The zero-order valence-electron chi connectivity index (χ0n) is 14.5. The number of aryl methyl sites for hydroxylation is 2. The van der Waals surface area contributed by atoms with E-state index in [9.17, 15) is 13.5 Å². The van der Waals surface area contributed by atoms with Crippen LogP contribution in [0.1, 0.15) is 35.6 Å². The molecule has 23 heavy (non-hydrogen) atoms. The van der Waals surface area contributed by atoms with Crippen LogP contribution in [0, 0.1) is 13.8 Å². The predicted molar refractivity (Wildman–Crippen MR) is 92.9 cm³/mol. The van der Waals surface area contributed by atoms with E-state index in [1.807, 2.05) is 32.0 Å². The van der Waals surface area contributed by atoms with Crippen molar-refractivity contribution in [1.29, 1.82) is 0 Å². The molecule has 1 saturated heterocycles. The first-order valence-corrected chi connectivity index (χ1v) is 9.94. The Balaban J connectivity index is 2.03. The van der Waals surface area contributed by atoms with Gasteiger partial charge in [0, 0.05) is 26.2 Å². The van der Waals surface area contributed by atoms with Crippen LogP contribution in [0.15, 0.2) is 18.2 Å². The largest absolute Gasteiger partial charge is 0.387 e. The van der Waals surface area contributed by atoms with E-state index in [4.69, 9.17) is 0 Å². The molecule has 1 heterocycles. The third kappa shape index (κ3) is 4.76. The van der Waals surface area contributed by atoms with Gasteiger partial charge in [0.05, 0.1) is 12.4 Å². The Bertz CT molecular complexity index is 645. The maximum Gasteiger partial charge on any atom is 0.211 e. The minimum absolute atomic E-state index is 0.00967. The minimum Gasteiger partial charge on any atom is -0.387 e. The molecule has 5 nitrogen and oxygen atoms in total. The Kier molecular flexibility index (Phi) is 5.84. The second kappa shape index (κ2) is 7.30. The lowest BCUT2D eigenvalue weighted by atomic mass is 9.99. The van der Waals surface area contributed by atoms with Crippen molar-refractivity contribution in [3.8, 4) is 0 Å². The molecule has 130 valence electrons. The number of rotatable bonds is 5. The first-order chi connectivity index (χ1) is 10.7. The van der Waals surface area contributed by atoms with E-state index < -0.39 is 16.1 Å². The summed E-state index contributed by atoms with van der Waals surface area (Å²) in [6, 6.07) is 6.10. The number of likely N-dealkylation sites (N-methyl/N-ethyl adjacent to an activating group) is 1. The van der Waals surface area contributed by atoms with Crippen LogP contribution in [0.2, 0.25) is 0 Å². The van der Waals surface area contributed by atoms with E-state index in [1.54, 1.807) is 7.05 Å². The average molecular weight is 340 g/mol. The number of hydrogen-bond donors (Lipinski definition) is 1. The highest BCUT2D eigenvalue weighted by atomic mass is 32.2. The summed E-state index contributed by atoms with van der Waals surface area (Å²) >= 11 is 0. The van der Waals surface area contributed by atoms with Gasteiger partial charge in [0.2, 0.25) is 10.0 Å². The van der Waals surface area contributed by atoms with Gasteiger partial charge >= 0.3 is 0 Å². The SMILES string of the molecule is Cc1ccc(C)c(C(O)CN2CCCC(N(C)S(C)(=O)=O)C2)c1. The molecule has 1 fully saturated rings. The number of nitrogens with zero attached hydrogens (tertiary/aromatic N) is 2. The summed E-state index contributed by atoms with van der Waals surface area (Å²) in [5.41, 5.74) is 3.19. The molecule has 1 aromatic carbocycles. The van der Waals surface area contributed by atoms with Crippen molar-refractivity contribution in [2.24, 2.45) is 0 Å². The highest BCUT2D eigenvalue weighted by Gasteiger charge is 2.29. The van der Waals surface area contributed by atoms with E-state index in [0.29, 0.717) is 13.1 Å². The van der Waals surface area contributed by atoms with Crippen molar-refractivity contribution in [2.45, 2.75) is 38.8 Å². The van der Waals surface area contributed by atoms with Crippen LogP contribution in [0.3, 0.4) is 0 Å². The fraction of sp³-hybridized carbons (Fsp3) is 0.647. The Morgan fingerprint density at radius 1 is 1.39 bits per heavy atom. The van der Waals surface area contributed by atoms with Crippen LogP contribution in [0.4, 0.5) is 0 Å². The Hall–Kier alpha value is -0.950. The maximum atomic E-state index is 11.7. The quantitative estimate of drug-likeness (QED) is 0.886. The molecule has 0 aromatic heterocycles. The van der Waals surface area contributed by atoms with Crippen LogP contribution in [0.25, 0.3) is 0 Å². The lowest BCUT2D eigenvalue weighted by Gasteiger charge is -2.37. The predicted octanol–water partition coefficient (Wildman–Crippen LogP) is 1.69. The molecule has 6 heteroatoms. The van der Waals surface area contributed by atoms with Crippen LogP contribution in [-0.2, 0) is 10.0 Å². The van der Waals surface area contributed by atoms with Gasteiger partial charge in [-0.2, -0.15) is 0 Å². The molecule has 1 aliphatic rings. The van der Waals surface area contributed by atoms with E-state index >= 15 is 0 Å². The number of aliphatic hydroxyl groups excluding tert-OH is 1. The van der Waals surface area contributed by atoms with E-state index in [2.05, 4.69) is 4.90 Å². The third-order valence-electron chi connectivity index (χ3n) is 4.74. The second-order valence-corrected chi connectivity index (χ2v) is 8.75. The Morgan fingerprint density at radius 3 is 2.74 bits per heavy atom. The molecule has 2 rings (SSSR count). The second-order valence-electron chi connectivity index (χ2n) is 6.71. The van der Waals surface area contributed by atoms with Crippen LogP contribution >= 0.6 is 0 Å². The monoisotopic (exact) mass is 340 g/mol. The number of likely N-dealkylation sites (tertiary alicyclic amines) is 1. The van der Waals surface area contributed by atoms with Gasteiger partial charge in [0.1, 0.15) is 0 Å². The van der Waals surface area contributed by atoms with Gasteiger partial charge in [0.15, 0.2) is 0 Å². The molecular weight excluding hydrogens is 312 g/mol. The Labute approximate surface area is 140 Å². The van der Waals surface area contributed by atoms with Gasteiger partial charge in [-0.25, -0.2) is 12.7 Å². The van der Waals surface area contributed by atoms with Gasteiger partial charge in [-0.05, 0) is 44.4 Å². The number of β-amino-alcohol motifs (C(OH)–C–C–N with tert-alkyl or cyclic N) is 1. The smallest absolute Gasteiger partial charge is 0.211 e. The summed E-state index contributed by atoms with van der Waals surface area (Å²) in [4.78, 5) is 2.17. The number of sulfonamides is 1. The number of aliphatic hydroxyl groups is 1. The highest BCUT2D eigenvalue weighted by Crippen LogP contribution is 2.23. The van der Waals surface area contributed by atoms with Crippen molar-refractivity contribution in [3.05, 3.63) is 34.9 Å². The molecule has 2 unspecified atom stereocenters. The zero-order chi connectivity index (χ0) is 17.2. The first-order valence-electron chi connectivity index (χ1n) is 8.09. The van der Waals surface area contributed by atoms with Gasteiger partial charge < -0.3 is 5.11 Å². The first kappa shape index (κ1) is 18.4. The minimum atomic E-state index is -3.17. The molecule has 0 aliphatic carbocycles. The lowest BCUT2D eigenvalue weighted by molar-refractivity contribution is 0.0814. The topological polar surface area (TPSA) is 60.9 Å². The average Bonchev–Trinajstić information content (AvgIpc) is 2.48. The molecule has 0 bridgehead atoms. The maximum absolute atomic E-state index is 11.7. The van der Waals surface area contributed by atoms with Gasteiger partial charge in [0.25, 0.3) is 0 Å². The van der Waals surface area contributed by atoms with E-state index in [0.717, 1.165) is 36.1 Å². The lowest BCUT2D eigenvalue weighted by Crippen LogP contribution is -2.49. The molecular formula is C17H28N2O3S. The number of benzene rings is 1. The standard InChI is InChI=1S/C17H28N2O3S/c1-13-7-8-14(2)16(10-13)17(20)12-19-9-5-6-15(11-19)18(3)23(4,21)22/h7-8,10,15,17,20H,5-6,9,11-12H2,1-4H3. The summed E-state index contributed by atoms with van der Waals surface area (Å²) in [5, 5.41) is 10.6. The number of hydrogen-bond acceptors (Lipinski definition) is 4.